The molecule has 0 unspecified atom stereocenters. The molecule has 1 fully saturated rings. The van der Waals surface area contributed by atoms with E-state index in [-0.39, 0.29) is 26.0 Å². The van der Waals surface area contributed by atoms with E-state index in [0.717, 1.165) is 25.3 Å². The molecular weight excluding hydrogens is 358 g/mol. The van der Waals surface area contributed by atoms with Gasteiger partial charge in [-0.2, -0.15) is 0 Å². The van der Waals surface area contributed by atoms with E-state index >= 15 is 0 Å². The average molecular weight is 369 g/mol. The SMILES string of the molecule is O=C(O)c1cc(S(=O)(=O)NC2CCC2)cc(Br)c1Cl. The van der Waals surface area contributed by atoms with Gasteiger partial charge in [-0.25, -0.2) is 17.9 Å². The molecule has 1 aliphatic rings. The van der Waals surface area contributed by atoms with Crippen LogP contribution >= 0.6 is 27.5 Å². The Hall–Kier alpha value is -0.630. The molecule has 0 aromatic heterocycles. The molecule has 19 heavy (non-hydrogen) atoms. The first-order valence-corrected chi connectivity index (χ1v) is 8.21. The maximum Gasteiger partial charge on any atom is 0.337 e. The molecule has 0 spiro atoms. The summed E-state index contributed by atoms with van der Waals surface area (Å²) in [5.74, 6) is -1.27. The first-order valence-electron chi connectivity index (χ1n) is 5.56. The summed E-state index contributed by atoms with van der Waals surface area (Å²) in [6, 6.07) is 2.30. The van der Waals surface area contributed by atoms with Crippen molar-refractivity contribution in [2.75, 3.05) is 0 Å². The van der Waals surface area contributed by atoms with Crippen molar-refractivity contribution in [3.05, 3.63) is 27.2 Å². The van der Waals surface area contributed by atoms with Crippen LogP contribution in [0.2, 0.25) is 5.02 Å². The molecule has 1 saturated carbocycles. The normalized spacial score (nSPS) is 16.1. The van der Waals surface area contributed by atoms with Gasteiger partial charge in [0.2, 0.25) is 10.0 Å². The van der Waals surface area contributed by atoms with Crippen LogP contribution in [0.1, 0.15) is 29.6 Å². The molecule has 104 valence electrons. The zero-order valence-corrected chi connectivity index (χ0v) is 12.8. The topological polar surface area (TPSA) is 83.5 Å². The van der Waals surface area contributed by atoms with Crippen LogP contribution in [0.5, 0.6) is 0 Å². The van der Waals surface area contributed by atoms with Crippen LogP contribution < -0.4 is 4.72 Å². The Kier molecular flexibility index (Phi) is 4.20. The first kappa shape index (κ1) is 14.8. The Balaban J connectivity index is 2.41. The fourth-order valence-electron chi connectivity index (χ4n) is 1.69. The number of hydrogen-bond donors (Lipinski definition) is 2. The van der Waals surface area contributed by atoms with Gasteiger partial charge in [0.05, 0.1) is 15.5 Å². The number of rotatable bonds is 4. The van der Waals surface area contributed by atoms with Crippen LogP contribution in [-0.4, -0.2) is 25.5 Å². The second-order valence-electron chi connectivity index (χ2n) is 4.32. The lowest BCUT2D eigenvalue weighted by molar-refractivity contribution is 0.0696. The minimum Gasteiger partial charge on any atom is -0.478 e. The molecule has 2 N–H and O–H groups in total. The van der Waals surface area contributed by atoms with E-state index in [1.165, 1.54) is 6.07 Å². The summed E-state index contributed by atoms with van der Waals surface area (Å²) in [5, 5.41) is 8.98. The van der Waals surface area contributed by atoms with Crippen molar-refractivity contribution in [3.8, 4) is 0 Å². The molecule has 5 nitrogen and oxygen atoms in total. The van der Waals surface area contributed by atoms with Crippen molar-refractivity contribution in [2.24, 2.45) is 0 Å². The lowest BCUT2D eigenvalue weighted by atomic mass is 9.94. The maximum atomic E-state index is 12.1. The molecule has 0 atom stereocenters. The highest BCUT2D eigenvalue weighted by molar-refractivity contribution is 9.10. The van der Waals surface area contributed by atoms with Gasteiger partial charge in [0, 0.05) is 10.5 Å². The summed E-state index contributed by atoms with van der Waals surface area (Å²) in [4.78, 5) is 10.9. The van der Waals surface area contributed by atoms with Crippen LogP contribution in [0.25, 0.3) is 0 Å². The minimum atomic E-state index is -3.72. The predicted octanol–water partition coefficient (Wildman–Crippen LogP) is 2.63. The monoisotopic (exact) mass is 367 g/mol. The molecule has 1 aliphatic carbocycles. The van der Waals surface area contributed by atoms with Crippen molar-refractivity contribution >= 4 is 43.5 Å². The molecule has 0 saturated heterocycles. The third-order valence-corrected chi connectivity index (χ3v) is 5.73. The summed E-state index contributed by atoms with van der Waals surface area (Å²) in [6.07, 6.45) is 2.61. The Morgan fingerprint density at radius 1 is 1.42 bits per heavy atom. The number of carbonyl (C=O) groups is 1. The van der Waals surface area contributed by atoms with Gasteiger partial charge < -0.3 is 5.11 Å². The molecule has 1 aromatic rings. The largest absolute Gasteiger partial charge is 0.478 e. The Morgan fingerprint density at radius 3 is 2.53 bits per heavy atom. The van der Waals surface area contributed by atoms with Gasteiger partial charge in [-0.1, -0.05) is 18.0 Å². The van der Waals surface area contributed by atoms with Gasteiger partial charge in [-0.15, -0.1) is 0 Å². The molecule has 0 heterocycles. The summed E-state index contributed by atoms with van der Waals surface area (Å²) in [6.45, 7) is 0. The smallest absolute Gasteiger partial charge is 0.337 e. The van der Waals surface area contributed by atoms with E-state index in [4.69, 9.17) is 16.7 Å². The average Bonchev–Trinajstić information content (AvgIpc) is 2.26. The van der Waals surface area contributed by atoms with Crippen molar-refractivity contribution < 1.29 is 18.3 Å². The lowest BCUT2D eigenvalue weighted by Crippen LogP contribution is -2.39. The number of nitrogens with one attached hydrogen (secondary N) is 1. The molecule has 0 aliphatic heterocycles. The van der Waals surface area contributed by atoms with Gasteiger partial charge in [0.15, 0.2) is 0 Å². The number of aromatic carboxylic acids is 1. The second-order valence-corrected chi connectivity index (χ2v) is 7.27. The number of halogens is 2. The van der Waals surface area contributed by atoms with Crippen molar-refractivity contribution in [3.63, 3.8) is 0 Å². The highest BCUT2D eigenvalue weighted by atomic mass is 79.9. The van der Waals surface area contributed by atoms with Gasteiger partial charge in [-0.3, -0.25) is 0 Å². The zero-order chi connectivity index (χ0) is 14.2. The van der Waals surface area contributed by atoms with Crippen molar-refractivity contribution in [1.29, 1.82) is 0 Å². The van der Waals surface area contributed by atoms with Crippen molar-refractivity contribution in [1.82, 2.24) is 4.72 Å². The van der Waals surface area contributed by atoms with Crippen molar-refractivity contribution in [2.45, 2.75) is 30.2 Å². The van der Waals surface area contributed by atoms with Gasteiger partial charge in [0.25, 0.3) is 0 Å². The third kappa shape index (κ3) is 3.10. The molecule has 0 radical (unpaired) electrons. The molecular formula is C11H11BrClNO4S. The minimum absolute atomic E-state index is 0.0184. The van der Waals surface area contributed by atoms with E-state index in [1.807, 2.05) is 0 Å². The summed E-state index contributed by atoms with van der Waals surface area (Å²) in [5.41, 5.74) is -0.245. The fraction of sp³-hybridized carbons (Fsp3) is 0.364. The number of benzene rings is 1. The van der Waals surface area contributed by atoms with Crippen LogP contribution in [0, 0.1) is 0 Å². The van der Waals surface area contributed by atoms with Crippen LogP contribution in [0.3, 0.4) is 0 Å². The molecule has 0 amide bonds. The van der Waals surface area contributed by atoms with Gasteiger partial charge in [0.1, 0.15) is 0 Å². The van der Waals surface area contributed by atoms with E-state index in [1.54, 1.807) is 0 Å². The highest BCUT2D eigenvalue weighted by Crippen LogP contribution is 2.30. The fourth-order valence-corrected chi connectivity index (χ4v) is 3.85. The molecule has 2 rings (SSSR count). The summed E-state index contributed by atoms with van der Waals surface area (Å²) >= 11 is 8.88. The quantitative estimate of drug-likeness (QED) is 0.856. The first-order chi connectivity index (χ1) is 8.81. The van der Waals surface area contributed by atoms with E-state index in [2.05, 4.69) is 20.7 Å². The zero-order valence-electron chi connectivity index (χ0n) is 9.69. The lowest BCUT2D eigenvalue weighted by Gasteiger charge is -2.26. The Bertz CT molecular complexity index is 628. The van der Waals surface area contributed by atoms with Crippen LogP contribution in [0.4, 0.5) is 0 Å². The molecule has 8 heteroatoms. The highest BCUT2D eigenvalue weighted by Gasteiger charge is 2.26. The number of hydrogen-bond acceptors (Lipinski definition) is 3. The van der Waals surface area contributed by atoms with Gasteiger partial charge >= 0.3 is 5.97 Å². The number of carboxylic acid groups (broad SMARTS) is 1. The van der Waals surface area contributed by atoms with Crippen LogP contribution in [-0.2, 0) is 10.0 Å². The second kappa shape index (κ2) is 5.40. The summed E-state index contributed by atoms with van der Waals surface area (Å²) < 4.78 is 27.0. The number of carboxylic acids is 1. The van der Waals surface area contributed by atoms with Gasteiger partial charge in [-0.05, 0) is 40.9 Å². The van der Waals surface area contributed by atoms with E-state index in [9.17, 15) is 13.2 Å². The standard InChI is InChI=1S/C11H11BrClNO4S/c12-9-5-7(4-8(10(9)13)11(15)16)19(17,18)14-6-2-1-3-6/h4-6,14H,1-3H2,(H,15,16). The summed E-state index contributed by atoms with van der Waals surface area (Å²) in [7, 11) is -3.72. The Morgan fingerprint density at radius 2 is 2.05 bits per heavy atom. The molecule has 0 bridgehead atoms. The third-order valence-electron chi connectivity index (χ3n) is 2.97. The predicted molar refractivity (Wildman–Crippen MR) is 74.1 cm³/mol. The number of sulfonamides is 1. The van der Waals surface area contributed by atoms with Crippen LogP contribution in [0.15, 0.2) is 21.5 Å². The Labute approximate surface area is 124 Å². The van der Waals surface area contributed by atoms with E-state index in [0.29, 0.717) is 0 Å². The van der Waals surface area contributed by atoms with E-state index < -0.39 is 16.0 Å². The maximum absolute atomic E-state index is 12.1. The molecule has 1 aromatic carbocycles.